The van der Waals surface area contributed by atoms with E-state index in [0.717, 1.165) is 27.6 Å². The molecule has 0 unspecified atom stereocenters. The van der Waals surface area contributed by atoms with E-state index < -0.39 is 35.9 Å². The fourth-order valence-electron chi connectivity index (χ4n) is 4.31. The molecule has 0 aliphatic rings. The molecule has 0 saturated carbocycles. The van der Waals surface area contributed by atoms with Gasteiger partial charge in [-0.25, -0.2) is 4.79 Å². The highest BCUT2D eigenvalue weighted by molar-refractivity contribution is 5.93. The minimum Gasteiger partial charge on any atom is -0.508 e. The van der Waals surface area contributed by atoms with Crippen LogP contribution in [0.2, 0.25) is 0 Å². The average molecular weight is 515 g/mol. The summed E-state index contributed by atoms with van der Waals surface area (Å²) in [7, 11) is 0. The molecular weight excluding hydrogens is 484 g/mol. The number of amides is 2. The molecule has 9 nitrogen and oxygen atoms in total. The van der Waals surface area contributed by atoms with E-state index in [9.17, 15) is 24.6 Å². The van der Waals surface area contributed by atoms with Gasteiger partial charge in [-0.15, -0.1) is 0 Å². The molecule has 1 heterocycles. The number of phenolic OH excluding ortho intramolecular Hbond substituents is 1. The first-order chi connectivity index (χ1) is 18.3. The number of H-pyrrole nitrogens is 1. The van der Waals surface area contributed by atoms with Crippen molar-refractivity contribution in [2.45, 2.75) is 37.4 Å². The number of carboxylic acid groups (broad SMARTS) is 1. The summed E-state index contributed by atoms with van der Waals surface area (Å²) in [4.78, 5) is 41.6. The zero-order valence-electron chi connectivity index (χ0n) is 20.6. The van der Waals surface area contributed by atoms with Gasteiger partial charge < -0.3 is 31.6 Å². The van der Waals surface area contributed by atoms with Crippen molar-refractivity contribution in [1.29, 1.82) is 0 Å². The average Bonchev–Trinajstić information content (AvgIpc) is 3.32. The van der Waals surface area contributed by atoms with Crippen molar-refractivity contribution in [1.82, 2.24) is 15.6 Å². The van der Waals surface area contributed by atoms with E-state index in [1.807, 2.05) is 30.3 Å². The topological polar surface area (TPSA) is 158 Å². The smallest absolute Gasteiger partial charge is 0.326 e. The van der Waals surface area contributed by atoms with Crippen molar-refractivity contribution in [2.24, 2.45) is 5.73 Å². The third-order valence-corrected chi connectivity index (χ3v) is 6.36. The van der Waals surface area contributed by atoms with Gasteiger partial charge in [0.2, 0.25) is 11.8 Å². The molecule has 3 aromatic carbocycles. The minimum atomic E-state index is -1.18. The Kier molecular flexibility index (Phi) is 8.40. The number of aromatic amines is 1. The van der Waals surface area contributed by atoms with E-state index in [0.29, 0.717) is 0 Å². The number of nitrogens with one attached hydrogen (secondary N) is 3. The molecule has 0 spiro atoms. The molecule has 2 amide bonds. The molecule has 4 aromatic rings. The summed E-state index contributed by atoms with van der Waals surface area (Å²) < 4.78 is 0. The second kappa shape index (κ2) is 12.1. The molecule has 3 atom stereocenters. The molecule has 4 rings (SSSR count). The maximum Gasteiger partial charge on any atom is 0.326 e. The number of hydrogen-bond donors (Lipinski definition) is 6. The summed E-state index contributed by atoms with van der Waals surface area (Å²) in [6.07, 6.45) is 2.19. The zero-order chi connectivity index (χ0) is 27.1. The summed E-state index contributed by atoms with van der Waals surface area (Å²) in [5, 5.41) is 25.5. The number of benzene rings is 3. The van der Waals surface area contributed by atoms with Crippen molar-refractivity contribution in [3.8, 4) is 5.75 Å². The normalized spacial score (nSPS) is 13.4. The molecule has 0 radical (unpaired) electrons. The Morgan fingerprint density at radius 3 is 2.11 bits per heavy atom. The van der Waals surface area contributed by atoms with Gasteiger partial charge in [-0.3, -0.25) is 9.59 Å². The fourth-order valence-corrected chi connectivity index (χ4v) is 4.31. The van der Waals surface area contributed by atoms with E-state index in [1.165, 1.54) is 12.1 Å². The molecule has 0 aliphatic carbocycles. The fraction of sp³-hybridized carbons (Fsp3) is 0.207. The van der Waals surface area contributed by atoms with Crippen molar-refractivity contribution in [3.63, 3.8) is 0 Å². The van der Waals surface area contributed by atoms with Crippen LogP contribution in [0.5, 0.6) is 5.75 Å². The number of aliphatic carboxylic acids is 1. The number of para-hydroxylation sites is 1. The van der Waals surface area contributed by atoms with Gasteiger partial charge in [0.15, 0.2) is 0 Å². The van der Waals surface area contributed by atoms with Crippen LogP contribution in [0.15, 0.2) is 85.1 Å². The number of rotatable bonds is 11. The number of carboxylic acids is 1. The standard InChI is InChI=1S/C29H30N4O5/c30-23(14-19-10-12-21(34)13-11-19)27(35)32-25(16-20-17-31-24-9-5-4-8-22(20)24)28(36)33-26(29(37)38)15-18-6-2-1-3-7-18/h1-13,17,23,25-26,31,34H,14-16,30H2,(H,32,35)(H,33,36)(H,37,38)/t23-,25-,26-/m0/s1. The van der Waals surface area contributed by atoms with Crippen LogP contribution in [0.25, 0.3) is 10.9 Å². The Morgan fingerprint density at radius 1 is 0.763 bits per heavy atom. The molecule has 0 bridgehead atoms. The highest BCUT2D eigenvalue weighted by Gasteiger charge is 2.29. The lowest BCUT2D eigenvalue weighted by Crippen LogP contribution is -2.55. The largest absolute Gasteiger partial charge is 0.508 e. The maximum absolute atomic E-state index is 13.4. The summed E-state index contributed by atoms with van der Waals surface area (Å²) in [6.45, 7) is 0. The van der Waals surface area contributed by atoms with Gasteiger partial charge >= 0.3 is 5.97 Å². The second-order valence-electron chi connectivity index (χ2n) is 9.19. The van der Waals surface area contributed by atoms with Crippen molar-refractivity contribution in [3.05, 3.63) is 102 Å². The molecule has 196 valence electrons. The van der Waals surface area contributed by atoms with E-state index in [4.69, 9.17) is 5.73 Å². The SMILES string of the molecule is N[C@@H](Cc1ccc(O)cc1)C(=O)N[C@@H](Cc1c[nH]c2ccccc12)C(=O)N[C@@H](Cc1ccccc1)C(=O)O. The van der Waals surface area contributed by atoms with E-state index in [1.54, 1.807) is 42.6 Å². The lowest BCUT2D eigenvalue weighted by Gasteiger charge is -2.23. The number of hydrogen-bond acceptors (Lipinski definition) is 5. The molecule has 38 heavy (non-hydrogen) atoms. The number of carbonyl (C=O) groups excluding carboxylic acids is 2. The lowest BCUT2D eigenvalue weighted by atomic mass is 10.0. The number of phenols is 1. The van der Waals surface area contributed by atoms with Gasteiger partial charge in [-0.1, -0.05) is 60.7 Å². The third-order valence-electron chi connectivity index (χ3n) is 6.36. The highest BCUT2D eigenvalue weighted by atomic mass is 16.4. The van der Waals surface area contributed by atoms with Crippen LogP contribution < -0.4 is 16.4 Å². The summed E-state index contributed by atoms with van der Waals surface area (Å²) in [5.41, 5.74) is 9.32. The van der Waals surface area contributed by atoms with Crippen molar-refractivity contribution < 1.29 is 24.6 Å². The van der Waals surface area contributed by atoms with Crippen LogP contribution in [0, 0.1) is 0 Å². The minimum absolute atomic E-state index is 0.0933. The van der Waals surface area contributed by atoms with Gasteiger partial charge in [0.25, 0.3) is 0 Å². The lowest BCUT2D eigenvalue weighted by molar-refractivity contribution is -0.142. The summed E-state index contributed by atoms with van der Waals surface area (Å²) >= 11 is 0. The van der Waals surface area contributed by atoms with Gasteiger partial charge in [-0.2, -0.15) is 0 Å². The maximum atomic E-state index is 13.4. The van der Waals surface area contributed by atoms with E-state index in [2.05, 4.69) is 15.6 Å². The summed E-state index contributed by atoms with van der Waals surface area (Å²) in [5.74, 6) is -2.24. The van der Waals surface area contributed by atoms with E-state index >= 15 is 0 Å². The zero-order valence-corrected chi connectivity index (χ0v) is 20.6. The number of nitrogens with two attached hydrogens (primary N) is 1. The first-order valence-corrected chi connectivity index (χ1v) is 12.3. The Balaban J connectivity index is 1.52. The van der Waals surface area contributed by atoms with Crippen LogP contribution >= 0.6 is 0 Å². The molecule has 0 saturated heterocycles. The molecule has 9 heteroatoms. The van der Waals surface area contributed by atoms with Gasteiger partial charge in [0.05, 0.1) is 6.04 Å². The molecule has 7 N–H and O–H groups in total. The van der Waals surface area contributed by atoms with Crippen molar-refractivity contribution in [2.75, 3.05) is 0 Å². The molecule has 1 aromatic heterocycles. The first kappa shape index (κ1) is 26.4. The third kappa shape index (κ3) is 6.77. The highest BCUT2D eigenvalue weighted by Crippen LogP contribution is 2.19. The van der Waals surface area contributed by atoms with Gasteiger partial charge in [0.1, 0.15) is 17.8 Å². The first-order valence-electron chi connectivity index (χ1n) is 12.3. The van der Waals surface area contributed by atoms with Crippen LogP contribution in [0.3, 0.4) is 0 Å². The Bertz CT molecular complexity index is 1400. The van der Waals surface area contributed by atoms with Crippen LogP contribution in [-0.4, -0.2) is 51.1 Å². The Morgan fingerprint density at radius 2 is 1.39 bits per heavy atom. The number of carbonyl (C=O) groups is 3. The summed E-state index contributed by atoms with van der Waals surface area (Å²) in [6, 6.07) is 19.7. The quantitative estimate of drug-likeness (QED) is 0.180. The Hall–Kier alpha value is -4.63. The second-order valence-corrected chi connectivity index (χ2v) is 9.19. The van der Waals surface area contributed by atoms with Crippen molar-refractivity contribution >= 4 is 28.7 Å². The Labute approximate surface area is 219 Å². The predicted molar refractivity (Wildman–Crippen MR) is 143 cm³/mol. The van der Waals surface area contributed by atoms with E-state index in [-0.39, 0.29) is 25.0 Å². The van der Waals surface area contributed by atoms with Crippen LogP contribution in [0.1, 0.15) is 16.7 Å². The van der Waals surface area contributed by atoms with Gasteiger partial charge in [0, 0.05) is 29.9 Å². The monoisotopic (exact) mass is 514 g/mol. The predicted octanol–water partition coefficient (Wildman–Crippen LogP) is 2.28. The number of aromatic nitrogens is 1. The van der Waals surface area contributed by atoms with Crippen LogP contribution in [-0.2, 0) is 33.6 Å². The molecule has 0 aliphatic heterocycles. The number of fused-ring (bicyclic) bond motifs is 1. The number of aromatic hydroxyl groups is 1. The molecular formula is C29H30N4O5. The van der Waals surface area contributed by atoms with Crippen LogP contribution in [0.4, 0.5) is 0 Å². The molecule has 0 fully saturated rings. The van der Waals surface area contributed by atoms with Gasteiger partial charge in [-0.05, 0) is 41.3 Å².